The molecule has 0 spiro atoms. The number of rotatable bonds is 7. The van der Waals surface area contributed by atoms with Gasteiger partial charge in [-0.25, -0.2) is 4.99 Å². The van der Waals surface area contributed by atoms with Gasteiger partial charge in [-0.1, -0.05) is 84.9 Å². The number of hydrogen-bond acceptors (Lipinski definition) is 3. The van der Waals surface area contributed by atoms with Gasteiger partial charge in [-0.05, 0) is 35.9 Å². The molecule has 3 heteroatoms. The van der Waals surface area contributed by atoms with Crippen molar-refractivity contribution in [2.45, 2.75) is 0 Å². The molecule has 0 unspecified atom stereocenters. The maximum absolute atomic E-state index is 5.27. The van der Waals surface area contributed by atoms with E-state index in [1.54, 1.807) is 0 Å². The molecule has 0 N–H and O–H groups in total. The molecule has 0 amide bonds. The van der Waals surface area contributed by atoms with E-state index < -0.39 is 0 Å². The Hall–Kier alpha value is -4.11. The summed E-state index contributed by atoms with van der Waals surface area (Å²) >= 11 is 0. The van der Waals surface area contributed by atoms with Crippen LogP contribution < -0.4 is 9.80 Å². The molecule has 0 radical (unpaired) electrons. The molecular formula is C31H31N3. The molecule has 4 aromatic carbocycles. The fourth-order valence-electron chi connectivity index (χ4n) is 3.75. The topological polar surface area (TPSA) is 18.8 Å². The minimum Gasteiger partial charge on any atom is -0.378 e. The molecule has 0 heterocycles. The monoisotopic (exact) mass is 445 g/mol. The first-order chi connectivity index (χ1) is 16.5. The zero-order chi connectivity index (χ0) is 23.9. The predicted molar refractivity (Wildman–Crippen MR) is 148 cm³/mol. The molecule has 0 fully saturated rings. The van der Waals surface area contributed by atoms with Gasteiger partial charge >= 0.3 is 0 Å². The van der Waals surface area contributed by atoms with E-state index in [1.165, 1.54) is 5.69 Å². The van der Waals surface area contributed by atoms with Gasteiger partial charge in [-0.2, -0.15) is 0 Å². The van der Waals surface area contributed by atoms with Crippen molar-refractivity contribution < 1.29 is 0 Å². The lowest BCUT2D eigenvalue weighted by atomic mass is 10.0. The summed E-state index contributed by atoms with van der Waals surface area (Å²) in [6, 6.07) is 37.9. The summed E-state index contributed by atoms with van der Waals surface area (Å²) in [6.07, 6.45) is 2.16. The Morgan fingerprint density at radius 1 is 0.529 bits per heavy atom. The van der Waals surface area contributed by atoms with Crippen molar-refractivity contribution in [3.8, 4) is 0 Å². The largest absolute Gasteiger partial charge is 0.378 e. The Balaban J connectivity index is 1.87. The highest BCUT2D eigenvalue weighted by atomic mass is 15.1. The van der Waals surface area contributed by atoms with Crippen LogP contribution in [0.15, 0.2) is 114 Å². The Bertz CT molecular complexity index is 1210. The second-order valence-electron chi connectivity index (χ2n) is 8.65. The van der Waals surface area contributed by atoms with Crippen LogP contribution in [0.25, 0.3) is 11.8 Å². The van der Waals surface area contributed by atoms with Crippen LogP contribution in [-0.4, -0.2) is 33.9 Å². The normalized spacial score (nSPS) is 11.1. The third-order valence-corrected chi connectivity index (χ3v) is 5.72. The average Bonchev–Trinajstić information content (AvgIpc) is 2.88. The van der Waals surface area contributed by atoms with Crippen molar-refractivity contribution >= 4 is 28.9 Å². The quantitative estimate of drug-likeness (QED) is 0.229. The lowest BCUT2D eigenvalue weighted by molar-refractivity contribution is 1.13. The molecule has 0 saturated carbocycles. The molecule has 34 heavy (non-hydrogen) atoms. The fourth-order valence-corrected chi connectivity index (χ4v) is 3.75. The molecule has 4 aromatic rings. The van der Waals surface area contributed by atoms with Crippen LogP contribution in [0.3, 0.4) is 0 Å². The molecule has 0 atom stereocenters. The van der Waals surface area contributed by atoms with Gasteiger partial charge in [-0.15, -0.1) is 0 Å². The van der Waals surface area contributed by atoms with Gasteiger partial charge in [0.05, 0.1) is 11.4 Å². The maximum Gasteiger partial charge on any atom is 0.0781 e. The molecule has 0 saturated heterocycles. The van der Waals surface area contributed by atoms with Gasteiger partial charge in [-0.3, -0.25) is 0 Å². The molecule has 170 valence electrons. The van der Waals surface area contributed by atoms with Crippen LogP contribution in [0, 0.1) is 0 Å². The molecular weight excluding hydrogens is 414 g/mol. The smallest absolute Gasteiger partial charge is 0.0781 e. The Morgan fingerprint density at radius 2 is 0.971 bits per heavy atom. The van der Waals surface area contributed by atoms with Crippen LogP contribution >= 0.6 is 0 Å². The number of anilines is 2. The van der Waals surface area contributed by atoms with E-state index in [-0.39, 0.29) is 0 Å². The number of benzene rings is 4. The van der Waals surface area contributed by atoms with Crippen LogP contribution in [-0.2, 0) is 0 Å². The number of nitrogens with zero attached hydrogens (tertiary/aromatic N) is 3. The van der Waals surface area contributed by atoms with Gasteiger partial charge in [0.1, 0.15) is 0 Å². The maximum atomic E-state index is 5.27. The molecule has 3 nitrogen and oxygen atoms in total. The van der Waals surface area contributed by atoms with E-state index in [0.717, 1.165) is 39.3 Å². The lowest BCUT2D eigenvalue weighted by Gasteiger charge is -2.14. The highest BCUT2D eigenvalue weighted by Crippen LogP contribution is 2.26. The highest BCUT2D eigenvalue weighted by molar-refractivity contribution is 6.15. The van der Waals surface area contributed by atoms with E-state index in [1.807, 2.05) is 12.1 Å². The Morgan fingerprint density at radius 3 is 1.41 bits per heavy atom. The third-order valence-electron chi connectivity index (χ3n) is 5.72. The van der Waals surface area contributed by atoms with Crippen LogP contribution in [0.1, 0.15) is 22.3 Å². The molecule has 0 aliphatic heterocycles. The molecule has 4 rings (SSSR count). The number of aliphatic imine (C=N–C) groups is 1. The zero-order valence-electron chi connectivity index (χ0n) is 20.3. The third kappa shape index (κ3) is 5.62. The van der Waals surface area contributed by atoms with Gasteiger partial charge in [0.25, 0.3) is 0 Å². The van der Waals surface area contributed by atoms with Crippen molar-refractivity contribution in [3.05, 3.63) is 131 Å². The summed E-state index contributed by atoms with van der Waals surface area (Å²) < 4.78 is 0. The van der Waals surface area contributed by atoms with Crippen molar-refractivity contribution in [1.82, 2.24) is 0 Å². The van der Waals surface area contributed by atoms with E-state index in [4.69, 9.17) is 4.99 Å². The molecule has 0 aliphatic carbocycles. The van der Waals surface area contributed by atoms with Crippen LogP contribution in [0.2, 0.25) is 0 Å². The standard InChI is InChI=1S/C31H31N3/c1-33(2)28-19-15-24(16-20-28)23-30(25-17-21-29(22-18-25)34(3)4)32-31(26-11-7-5-8-12-26)27-13-9-6-10-14-27/h5-23H,1-4H3/b30-23+. The molecule has 0 bridgehead atoms. The summed E-state index contributed by atoms with van der Waals surface area (Å²) in [7, 11) is 8.22. The summed E-state index contributed by atoms with van der Waals surface area (Å²) in [5.41, 5.74) is 8.58. The lowest BCUT2D eigenvalue weighted by Crippen LogP contribution is -2.08. The van der Waals surface area contributed by atoms with Crippen molar-refractivity contribution in [2.24, 2.45) is 4.99 Å². The summed E-state index contributed by atoms with van der Waals surface area (Å²) in [4.78, 5) is 9.48. The first kappa shape index (κ1) is 23.1. The van der Waals surface area contributed by atoms with Gasteiger partial charge in [0.2, 0.25) is 0 Å². The minimum absolute atomic E-state index is 0.922. The molecule has 0 aliphatic rings. The SMILES string of the molecule is CN(C)c1ccc(/C=C(/N=C(c2ccccc2)c2ccccc2)c2ccc(N(C)C)cc2)cc1. The Kier molecular flexibility index (Phi) is 7.24. The molecule has 0 aromatic heterocycles. The van der Waals surface area contributed by atoms with Gasteiger partial charge in [0, 0.05) is 56.3 Å². The summed E-state index contributed by atoms with van der Waals surface area (Å²) in [6.45, 7) is 0. The van der Waals surface area contributed by atoms with E-state index in [9.17, 15) is 0 Å². The van der Waals surface area contributed by atoms with Gasteiger partial charge < -0.3 is 9.80 Å². The first-order valence-corrected chi connectivity index (χ1v) is 11.5. The van der Waals surface area contributed by atoms with Crippen LogP contribution in [0.4, 0.5) is 11.4 Å². The van der Waals surface area contributed by atoms with E-state index in [2.05, 4.69) is 141 Å². The predicted octanol–water partition coefficient (Wildman–Crippen LogP) is 6.85. The second kappa shape index (κ2) is 10.7. The second-order valence-corrected chi connectivity index (χ2v) is 8.65. The van der Waals surface area contributed by atoms with E-state index >= 15 is 0 Å². The van der Waals surface area contributed by atoms with Crippen LogP contribution in [0.5, 0.6) is 0 Å². The summed E-state index contributed by atoms with van der Waals surface area (Å²) in [5.74, 6) is 0. The zero-order valence-corrected chi connectivity index (χ0v) is 20.3. The number of hydrogen-bond donors (Lipinski definition) is 0. The fraction of sp³-hybridized carbons (Fsp3) is 0.129. The van der Waals surface area contributed by atoms with Crippen molar-refractivity contribution in [2.75, 3.05) is 38.0 Å². The minimum atomic E-state index is 0.922. The van der Waals surface area contributed by atoms with E-state index in [0.29, 0.717) is 0 Å². The average molecular weight is 446 g/mol. The highest BCUT2D eigenvalue weighted by Gasteiger charge is 2.10. The van der Waals surface area contributed by atoms with Gasteiger partial charge in [0.15, 0.2) is 0 Å². The summed E-state index contributed by atoms with van der Waals surface area (Å²) in [5, 5.41) is 0. The van der Waals surface area contributed by atoms with Crippen molar-refractivity contribution in [1.29, 1.82) is 0 Å². The first-order valence-electron chi connectivity index (χ1n) is 11.5. The van der Waals surface area contributed by atoms with Crippen molar-refractivity contribution in [3.63, 3.8) is 0 Å². The Labute approximate surface area is 203 Å².